The maximum absolute atomic E-state index is 12.1. The largest absolute Gasteiger partial charge is 0.348 e. The zero-order valence-corrected chi connectivity index (χ0v) is 13.5. The van der Waals surface area contributed by atoms with Gasteiger partial charge in [0.15, 0.2) is 5.13 Å². The molecule has 0 spiro atoms. The van der Waals surface area contributed by atoms with Crippen LogP contribution in [0.1, 0.15) is 62.9 Å². The van der Waals surface area contributed by atoms with E-state index in [1.54, 1.807) is 5.38 Å². The Morgan fingerprint density at radius 1 is 1.33 bits per heavy atom. The van der Waals surface area contributed by atoms with Gasteiger partial charge in [-0.2, -0.15) is 0 Å². The van der Waals surface area contributed by atoms with Crippen LogP contribution in [0.15, 0.2) is 5.38 Å². The van der Waals surface area contributed by atoms with Gasteiger partial charge in [-0.15, -0.1) is 11.3 Å². The molecular weight excluding hydrogens is 286 g/mol. The van der Waals surface area contributed by atoms with Gasteiger partial charge in [0.2, 0.25) is 5.91 Å². The molecule has 21 heavy (non-hydrogen) atoms. The second kappa shape index (κ2) is 7.54. The van der Waals surface area contributed by atoms with Crippen molar-refractivity contribution in [3.05, 3.63) is 11.1 Å². The van der Waals surface area contributed by atoms with E-state index in [1.807, 2.05) is 13.8 Å². The molecule has 1 aliphatic rings. The Morgan fingerprint density at radius 3 is 2.71 bits per heavy atom. The van der Waals surface area contributed by atoms with Gasteiger partial charge in [-0.3, -0.25) is 9.59 Å². The number of aromatic nitrogens is 1. The summed E-state index contributed by atoms with van der Waals surface area (Å²) in [7, 11) is 0. The number of carbonyl (C=O) groups excluding carboxylic acids is 2. The van der Waals surface area contributed by atoms with Gasteiger partial charge in [0.05, 0.1) is 0 Å². The molecule has 1 fully saturated rings. The number of rotatable bonds is 5. The van der Waals surface area contributed by atoms with Crippen LogP contribution in [-0.4, -0.2) is 22.8 Å². The fourth-order valence-corrected chi connectivity index (χ4v) is 3.19. The van der Waals surface area contributed by atoms with E-state index in [4.69, 9.17) is 0 Å². The van der Waals surface area contributed by atoms with E-state index < -0.39 is 0 Å². The highest BCUT2D eigenvalue weighted by atomic mass is 32.1. The zero-order chi connectivity index (χ0) is 15.2. The Labute approximate surface area is 129 Å². The summed E-state index contributed by atoms with van der Waals surface area (Å²) in [5.41, 5.74) is 0.394. The third kappa shape index (κ3) is 5.12. The van der Waals surface area contributed by atoms with Crippen molar-refractivity contribution in [3.63, 3.8) is 0 Å². The Bertz CT molecular complexity index is 493. The molecule has 2 N–H and O–H groups in total. The van der Waals surface area contributed by atoms with E-state index in [9.17, 15) is 9.59 Å². The summed E-state index contributed by atoms with van der Waals surface area (Å²) in [5.74, 6) is 0.111. The molecule has 1 aromatic heterocycles. The number of carbonyl (C=O) groups is 2. The van der Waals surface area contributed by atoms with E-state index in [1.165, 1.54) is 30.6 Å². The average molecular weight is 309 g/mol. The first-order valence-corrected chi connectivity index (χ1v) is 8.49. The van der Waals surface area contributed by atoms with Crippen LogP contribution < -0.4 is 10.6 Å². The van der Waals surface area contributed by atoms with Gasteiger partial charge >= 0.3 is 0 Å². The summed E-state index contributed by atoms with van der Waals surface area (Å²) >= 11 is 1.29. The molecule has 0 bridgehead atoms. The zero-order valence-electron chi connectivity index (χ0n) is 12.6. The van der Waals surface area contributed by atoms with Gasteiger partial charge in [0.25, 0.3) is 5.91 Å². The molecule has 0 atom stereocenters. The molecule has 0 unspecified atom stereocenters. The first kappa shape index (κ1) is 15.9. The minimum absolute atomic E-state index is 0.0569. The van der Waals surface area contributed by atoms with Crippen molar-refractivity contribution in [1.29, 1.82) is 0 Å². The Kier molecular flexibility index (Phi) is 5.73. The predicted molar refractivity (Wildman–Crippen MR) is 84.5 cm³/mol. The molecule has 0 aromatic carbocycles. The van der Waals surface area contributed by atoms with Crippen molar-refractivity contribution in [3.8, 4) is 0 Å². The Balaban J connectivity index is 1.86. The van der Waals surface area contributed by atoms with Crippen LogP contribution >= 0.6 is 11.3 Å². The molecule has 5 nitrogen and oxygen atoms in total. The average Bonchev–Trinajstić information content (AvgIpc) is 2.87. The molecular formula is C15H23N3O2S. The lowest BCUT2D eigenvalue weighted by Crippen LogP contribution is -2.36. The number of hydrogen-bond donors (Lipinski definition) is 2. The SMILES string of the molecule is CC(C)CC(=O)Nc1nc(C(=O)NC2CCCCC2)cs1. The number of thiazole rings is 1. The Hall–Kier alpha value is -1.43. The smallest absolute Gasteiger partial charge is 0.271 e. The topological polar surface area (TPSA) is 71.1 Å². The van der Waals surface area contributed by atoms with Crippen LogP contribution in [0.2, 0.25) is 0 Å². The van der Waals surface area contributed by atoms with Crippen molar-refractivity contribution < 1.29 is 9.59 Å². The lowest BCUT2D eigenvalue weighted by Gasteiger charge is -2.22. The maximum Gasteiger partial charge on any atom is 0.271 e. The highest BCUT2D eigenvalue weighted by molar-refractivity contribution is 7.14. The van der Waals surface area contributed by atoms with Gasteiger partial charge < -0.3 is 10.6 Å². The minimum Gasteiger partial charge on any atom is -0.348 e. The van der Waals surface area contributed by atoms with Gasteiger partial charge in [0, 0.05) is 17.8 Å². The second-order valence-electron chi connectivity index (χ2n) is 5.99. The monoisotopic (exact) mass is 309 g/mol. The lowest BCUT2D eigenvalue weighted by atomic mass is 9.95. The third-order valence-corrected chi connectivity index (χ3v) is 4.27. The maximum atomic E-state index is 12.1. The molecule has 1 heterocycles. The summed E-state index contributed by atoms with van der Waals surface area (Å²) in [5, 5.41) is 7.96. The van der Waals surface area contributed by atoms with Gasteiger partial charge in [-0.05, 0) is 18.8 Å². The van der Waals surface area contributed by atoms with E-state index in [0.29, 0.717) is 23.2 Å². The number of amides is 2. The normalized spacial score (nSPS) is 16.0. The number of hydrogen-bond acceptors (Lipinski definition) is 4. The molecule has 1 aromatic rings. The number of anilines is 1. The lowest BCUT2D eigenvalue weighted by molar-refractivity contribution is -0.116. The third-order valence-electron chi connectivity index (χ3n) is 3.52. The van der Waals surface area contributed by atoms with Gasteiger partial charge in [0.1, 0.15) is 5.69 Å². The molecule has 1 saturated carbocycles. The van der Waals surface area contributed by atoms with Crippen molar-refractivity contribution >= 4 is 28.3 Å². The van der Waals surface area contributed by atoms with Crippen molar-refractivity contribution in [2.24, 2.45) is 5.92 Å². The van der Waals surface area contributed by atoms with Crippen LogP contribution in [-0.2, 0) is 4.79 Å². The summed E-state index contributed by atoms with van der Waals surface area (Å²) in [6.07, 6.45) is 6.18. The van der Waals surface area contributed by atoms with E-state index >= 15 is 0 Å². The molecule has 1 aliphatic carbocycles. The minimum atomic E-state index is -0.137. The first-order chi connectivity index (χ1) is 10.0. The summed E-state index contributed by atoms with van der Waals surface area (Å²) in [6.45, 7) is 3.98. The number of nitrogens with zero attached hydrogens (tertiary/aromatic N) is 1. The fraction of sp³-hybridized carbons (Fsp3) is 0.667. The van der Waals surface area contributed by atoms with Crippen LogP contribution in [0, 0.1) is 5.92 Å². The molecule has 0 saturated heterocycles. The first-order valence-electron chi connectivity index (χ1n) is 7.61. The summed E-state index contributed by atoms with van der Waals surface area (Å²) in [6, 6.07) is 0.270. The van der Waals surface area contributed by atoms with Crippen molar-refractivity contribution in [2.75, 3.05) is 5.32 Å². The highest BCUT2D eigenvalue weighted by Gasteiger charge is 2.18. The van der Waals surface area contributed by atoms with Crippen molar-refractivity contribution in [2.45, 2.75) is 58.4 Å². The quantitative estimate of drug-likeness (QED) is 0.877. The standard InChI is InChI=1S/C15H23N3O2S/c1-10(2)8-13(19)18-15-17-12(9-21-15)14(20)16-11-6-4-3-5-7-11/h9-11H,3-8H2,1-2H3,(H,16,20)(H,17,18,19). The van der Waals surface area contributed by atoms with Crippen LogP contribution in [0.3, 0.4) is 0 Å². The molecule has 0 radical (unpaired) electrons. The van der Waals surface area contributed by atoms with Crippen molar-refractivity contribution in [1.82, 2.24) is 10.3 Å². The molecule has 2 amide bonds. The van der Waals surface area contributed by atoms with E-state index in [0.717, 1.165) is 12.8 Å². The summed E-state index contributed by atoms with van der Waals surface area (Å²) in [4.78, 5) is 28.0. The molecule has 6 heteroatoms. The molecule has 2 rings (SSSR count). The second-order valence-corrected chi connectivity index (χ2v) is 6.85. The highest BCUT2D eigenvalue weighted by Crippen LogP contribution is 2.19. The predicted octanol–water partition coefficient (Wildman–Crippen LogP) is 3.19. The van der Waals surface area contributed by atoms with Gasteiger partial charge in [-0.25, -0.2) is 4.98 Å². The summed E-state index contributed by atoms with van der Waals surface area (Å²) < 4.78 is 0. The van der Waals surface area contributed by atoms with Gasteiger partial charge in [-0.1, -0.05) is 33.1 Å². The van der Waals surface area contributed by atoms with Crippen LogP contribution in [0.5, 0.6) is 0 Å². The van der Waals surface area contributed by atoms with Crippen LogP contribution in [0.4, 0.5) is 5.13 Å². The van der Waals surface area contributed by atoms with Crippen LogP contribution in [0.25, 0.3) is 0 Å². The Morgan fingerprint density at radius 2 is 2.05 bits per heavy atom. The fourth-order valence-electron chi connectivity index (χ4n) is 2.48. The molecule has 0 aliphatic heterocycles. The number of nitrogens with one attached hydrogen (secondary N) is 2. The van der Waals surface area contributed by atoms with E-state index in [-0.39, 0.29) is 17.9 Å². The van der Waals surface area contributed by atoms with E-state index in [2.05, 4.69) is 15.6 Å². The molecule has 116 valence electrons.